The van der Waals surface area contributed by atoms with Gasteiger partial charge in [-0.05, 0) is 44.4 Å². The summed E-state index contributed by atoms with van der Waals surface area (Å²) in [4.78, 5) is 17.6. The highest BCUT2D eigenvalue weighted by molar-refractivity contribution is 6.06. The van der Waals surface area contributed by atoms with Crippen LogP contribution in [0.3, 0.4) is 0 Å². The zero-order valence-corrected chi connectivity index (χ0v) is 15.7. The lowest BCUT2D eigenvalue weighted by molar-refractivity contribution is 0.0953. The Hall–Kier alpha value is -2.89. The highest BCUT2D eigenvalue weighted by Gasteiger charge is 2.28. The van der Waals surface area contributed by atoms with Gasteiger partial charge in [-0.2, -0.15) is 5.10 Å². The number of hydrogen-bond donors (Lipinski definition) is 1. The van der Waals surface area contributed by atoms with Crippen LogP contribution in [-0.2, 0) is 7.05 Å². The van der Waals surface area contributed by atoms with Gasteiger partial charge < -0.3 is 10.1 Å². The van der Waals surface area contributed by atoms with E-state index in [-0.39, 0.29) is 5.91 Å². The van der Waals surface area contributed by atoms with Gasteiger partial charge in [-0.1, -0.05) is 18.2 Å². The van der Waals surface area contributed by atoms with E-state index in [9.17, 15) is 4.79 Å². The van der Waals surface area contributed by atoms with Gasteiger partial charge in [-0.15, -0.1) is 0 Å². The maximum Gasteiger partial charge on any atom is 0.252 e. The maximum atomic E-state index is 12.8. The van der Waals surface area contributed by atoms with Crippen molar-refractivity contribution >= 4 is 16.9 Å². The second-order valence-corrected chi connectivity index (χ2v) is 7.05. The van der Waals surface area contributed by atoms with Crippen LogP contribution in [0.4, 0.5) is 0 Å². The minimum Gasteiger partial charge on any atom is -0.494 e. The van der Waals surface area contributed by atoms with Crippen LogP contribution in [0.5, 0.6) is 5.75 Å². The maximum absolute atomic E-state index is 12.8. The summed E-state index contributed by atoms with van der Waals surface area (Å²) in [5.41, 5.74) is 3.30. The predicted molar refractivity (Wildman–Crippen MR) is 104 cm³/mol. The van der Waals surface area contributed by atoms with Crippen molar-refractivity contribution in [2.45, 2.75) is 32.1 Å². The summed E-state index contributed by atoms with van der Waals surface area (Å²) in [6.07, 6.45) is 3.04. The zero-order chi connectivity index (χ0) is 18.8. The van der Waals surface area contributed by atoms with Crippen molar-refractivity contribution in [2.75, 3.05) is 13.2 Å². The first-order valence-electron chi connectivity index (χ1n) is 9.44. The molecule has 0 aliphatic heterocycles. The van der Waals surface area contributed by atoms with Crippen molar-refractivity contribution in [1.29, 1.82) is 0 Å². The lowest BCUT2D eigenvalue weighted by atomic mass is 10.1. The van der Waals surface area contributed by atoms with Crippen molar-refractivity contribution in [2.24, 2.45) is 7.05 Å². The van der Waals surface area contributed by atoms with Gasteiger partial charge in [0.2, 0.25) is 0 Å². The molecule has 1 aromatic carbocycles. The minimum absolute atomic E-state index is 0.0693. The van der Waals surface area contributed by atoms with Crippen LogP contribution >= 0.6 is 0 Å². The zero-order valence-electron chi connectivity index (χ0n) is 15.7. The molecular weight excluding hydrogens is 340 g/mol. The standard InChI is InChI=1S/C21H24N4O2/c1-14-19-17(13-18(15-9-10-15)23-20(19)25(2)24-14)21(26)22-11-6-12-27-16-7-4-3-5-8-16/h3-5,7-8,13,15H,6,9-12H2,1-2H3,(H,22,26). The fourth-order valence-corrected chi connectivity index (χ4v) is 3.31. The molecule has 0 unspecified atom stereocenters. The molecule has 0 spiro atoms. The number of ether oxygens (including phenoxy) is 1. The van der Waals surface area contributed by atoms with Crippen LogP contribution in [0, 0.1) is 6.92 Å². The fraction of sp³-hybridized carbons (Fsp3) is 0.381. The van der Waals surface area contributed by atoms with E-state index in [0.717, 1.165) is 47.4 Å². The second kappa shape index (κ2) is 7.39. The Labute approximate surface area is 158 Å². The topological polar surface area (TPSA) is 69.0 Å². The summed E-state index contributed by atoms with van der Waals surface area (Å²) >= 11 is 0. The summed E-state index contributed by atoms with van der Waals surface area (Å²) in [6.45, 7) is 3.05. The number of amides is 1. The Morgan fingerprint density at radius 2 is 2.07 bits per heavy atom. The average molecular weight is 364 g/mol. The normalized spacial score (nSPS) is 13.7. The van der Waals surface area contributed by atoms with E-state index in [2.05, 4.69) is 10.4 Å². The Balaban J connectivity index is 1.43. The van der Waals surface area contributed by atoms with Gasteiger partial charge >= 0.3 is 0 Å². The predicted octanol–water partition coefficient (Wildman–Crippen LogP) is 3.35. The second-order valence-electron chi connectivity index (χ2n) is 7.05. The average Bonchev–Trinajstić information content (AvgIpc) is 3.48. The van der Waals surface area contributed by atoms with Crippen LogP contribution in [-0.4, -0.2) is 33.8 Å². The number of aryl methyl sites for hydroxylation is 2. The van der Waals surface area contributed by atoms with E-state index in [1.165, 1.54) is 0 Å². The summed E-state index contributed by atoms with van der Waals surface area (Å²) in [6, 6.07) is 11.6. The van der Waals surface area contributed by atoms with Crippen molar-refractivity contribution in [1.82, 2.24) is 20.1 Å². The van der Waals surface area contributed by atoms with Crippen molar-refractivity contribution < 1.29 is 9.53 Å². The molecule has 1 N–H and O–H groups in total. The van der Waals surface area contributed by atoms with Gasteiger partial charge in [0.05, 0.1) is 23.3 Å². The molecule has 27 heavy (non-hydrogen) atoms. The van der Waals surface area contributed by atoms with Crippen LogP contribution in [0.25, 0.3) is 11.0 Å². The molecule has 2 aromatic heterocycles. The van der Waals surface area contributed by atoms with E-state index in [4.69, 9.17) is 9.72 Å². The number of para-hydroxylation sites is 1. The number of benzene rings is 1. The molecule has 4 rings (SSSR count). The Morgan fingerprint density at radius 1 is 1.30 bits per heavy atom. The molecule has 0 atom stereocenters. The number of carbonyl (C=O) groups is 1. The van der Waals surface area contributed by atoms with Crippen LogP contribution < -0.4 is 10.1 Å². The third kappa shape index (κ3) is 3.79. The molecular formula is C21H24N4O2. The van der Waals surface area contributed by atoms with Gasteiger partial charge in [-0.25, -0.2) is 4.98 Å². The molecule has 140 valence electrons. The summed E-state index contributed by atoms with van der Waals surface area (Å²) in [7, 11) is 1.88. The number of hydrogen-bond acceptors (Lipinski definition) is 4. The molecule has 1 fully saturated rings. The number of pyridine rings is 1. The number of nitrogens with one attached hydrogen (secondary N) is 1. The Morgan fingerprint density at radius 3 is 2.81 bits per heavy atom. The van der Waals surface area contributed by atoms with Crippen LogP contribution in [0.2, 0.25) is 0 Å². The van der Waals surface area contributed by atoms with Gasteiger partial charge in [0, 0.05) is 25.2 Å². The van der Waals surface area contributed by atoms with E-state index >= 15 is 0 Å². The number of carbonyl (C=O) groups excluding carboxylic acids is 1. The molecule has 1 aliphatic rings. The summed E-state index contributed by atoms with van der Waals surface area (Å²) in [5, 5.41) is 8.32. The quantitative estimate of drug-likeness (QED) is 0.653. The summed E-state index contributed by atoms with van der Waals surface area (Å²) in [5.74, 6) is 1.26. The highest BCUT2D eigenvalue weighted by atomic mass is 16.5. The monoisotopic (exact) mass is 364 g/mol. The molecule has 1 aliphatic carbocycles. The number of fused-ring (bicyclic) bond motifs is 1. The molecule has 0 saturated heterocycles. The van der Waals surface area contributed by atoms with Gasteiger partial charge in [0.1, 0.15) is 5.75 Å². The highest BCUT2D eigenvalue weighted by Crippen LogP contribution is 2.40. The third-order valence-corrected chi connectivity index (χ3v) is 4.85. The minimum atomic E-state index is -0.0693. The van der Waals surface area contributed by atoms with Crippen molar-refractivity contribution in [3.8, 4) is 5.75 Å². The van der Waals surface area contributed by atoms with Gasteiger partial charge in [-0.3, -0.25) is 9.48 Å². The van der Waals surface area contributed by atoms with Crippen LogP contribution in [0.1, 0.15) is 46.9 Å². The van der Waals surface area contributed by atoms with E-state index < -0.39 is 0 Å². The summed E-state index contributed by atoms with van der Waals surface area (Å²) < 4.78 is 7.44. The smallest absolute Gasteiger partial charge is 0.252 e. The van der Waals surface area contributed by atoms with Crippen molar-refractivity contribution in [3.05, 3.63) is 53.3 Å². The number of rotatable bonds is 7. The molecule has 1 saturated carbocycles. The van der Waals surface area contributed by atoms with Crippen molar-refractivity contribution in [3.63, 3.8) is 0 Å². The first-order chi connectivity index (χ1) is 13.1. The van der Waals surface area contributed by atoms with Gasteiger partial charge in [0.15, 0.2) is 5.65 Å². The lowest BCUT2D eigenvalue weighted by Crippen LogP contribution is -2.26. The Kier molecular flexibility index (Phi) is 4.79. The first kappa shape index (κ1) is 17.5. The first-order valence-corrected chi connectivity index (χ1v) is 9.44. The molecule has 6 nitrogen and oxygen atoms in total. The molecule has 6 heteroatoms. The third-order valence-electron chi connectivity index (χ3n) is 4.85. The molecule has 0 radical (unpaired) electrons. The molecule has 3 aromatic rings. The largest absolute Gasteiger partial charge is 0.494 e. The Bertz CT molecular complexity index is 961. The van der Waals surface area contributed by atoms with E-state index in [0.29, 0.717) is 24.6 Å². The lowest BCUT2D eigenvalue weighted by Gasteiger charge is -2.10. The van der Waals surface area contributed by atoms with E-state index in [1.54, 1.807) is 4.68 Å². The fourth-order valence-electron chi connectivity index (χ4n) is 3.31. The molecule has 0 bridgehead atoms. The number of nitrogens with zero attached hydrogens (tertiary/aromatic N) is 3. The van der Waals surface area contributed by atoms with Crippen LogP contribution in [0.15, 0.2) is 36.4 Å². The van der Waals surface area contributed by atoms with E-state index in [1.807, 2.05) is 50.4 Å². The SMILES string of the molecule is Cc1nn(C)c2nc(C3CC3)cc(C(=O)NCCCOc3ccccc3)c12. The molecule has 2 heterocycles. The van der Waals surface area contributed by atoms with Gasteiger partial charge in [0.25, 0.3) is 5.91 Å². The number of aromatic nitrogens is 3. The molecule has 1 amide bonds.